The van der Waals surface area contributed by atoms with Gasteiger partial charge in [0, 0.05) is 6.54 Å². The molecule has 0 atom stereocenters. The van der Waals surface area contributed by atoms with Gasteiger partial charge in [0.25, 0.3) is 0 Å². The summed E-state index contributed by atoms with van der Waals surface area (Å²) in [7, 11) is 0. The van der Waals surface area contributed by atoms with Crippen LogP contribution in [0.2, 0.25) is 0 Å². The molecule has 2 N–H and O–H groups in total. The number of nitrogens with one attached hydrogen (secondary N) is 1. The lowest BCUT2D eigenvalue weighted by molar-refractivity contribution is -0.422. The molecule has 1 rings (SSSR count). The third-order valence-electron chi connectivity index (χ3n) is 1.61. The maximum Gasteiger partial charge on any atom is 0.409 e. The molecule has 66 valence electrons. The summed E-state index contributed by atoms with van der Waals surface area (Å²) in [5.41, 5.74) is -0.500. The number of allylic oxidation sites excluding steroid dienone is 1. The van der Waals surface area contributed by atoms with Crippen LogP contribution in [0, 0.1) is 10.1 Å². The second-order valence-electron chi connectivity index (χ2n) is 2.42. The number of carboxylic acids is 1. The summed E-state index contributed by atoms with van der Waals surface area (Å²) in [5, 5.41) is 21.4. The van der Waals surface area contributed by atoms with Crippen molar-refractivity contribution in [3.8, 4) is 0 Å². The summed E-state index contributed by atoms with van der Waals surface area (Å²) in [4.78, 5) is 19.8. The molecule has 1 saturated heterocycles. The zero-order valence-electron chi connectivity index (χ0n) is 6.24. The maximum atomic E-state index is 10.4. The molecule has 1 fully saturated rings. The zero-order valence-corrected chi connectivity index (χ0v) is 6.24. The van der Waals surface area contributed by atoms with Crippen molar-refractivity contribution in [2.24, 2.45) is 0 Å². The molecule has 0 unspecified atom stereocenters. The predicted octanol–water partition coefficient (Wildman–Crippen LogP) is -0.0573. The lowest BCUT2D eigenvalue weighted by atomic mass is 10.2. The predicted molar refractivity (Wildman–Crippen MR) is 38.9 cm³/mol. The molecule has 0 amide bonds. The van der Waals surface area contributed by atoms with E-state index in [-0.39, 0.29) is 5.70 Å². The van der Waals surface area contributed by atoms with Crippen molar-refractivity contribution in [2.75, 3.05) is 6.54 Å². The van der Waals surface area contributed by atoms with Crippen molar-refractivity contribution in [1.82, 2.24) is 5.32 Å². The molecule has 1 aliphatic rings. The minimum atomic E-state index is -1.48. The molecule has 0 saturated carbocycles. The fourth-order valence-corrected chi connectivity index (χ4v) is 1.11. The molecule has 0 aromatic heterocycles. The Morgan fingerprint density at radius 2 is 2.33 bits per heavy atom. The first-order valence-corrected chi connectivity index (χ1v) is 3.47. The van der Waals surface area contributed by atoms with Gasteiger partial charge in [-0.05, 0) is 12.8 Å². The van der Waals surface area contributed by atoms with Gasteiger partial charge in [0.2, 0.25) is 0 Å². The van der Waals surface area contributed by atoms with Crippen molar-refractivity contribution in [1.29, 1.82) is 0 Å². The normalized spacial score (nSPS) is 20.0. The van der Waals surface area contributed by atoms with Crippen molar-refractivity contribution in [3.05, 3.63) is 21.5 Å². The van der Waals surface area contributed by atoms with Crippen molar-refractivity contribution in [2.45, 2.75) is 12.8 Å². The van der Waals surface area contributed by atoms with Crippen LogP contribution in [0.5, 0.6) is 0 Å². The van der Waals surface area contributed by atoms with Crippen LogP contribution in [0.4, 0.5) is 0 Å². The Labute approximate surface area is 68.0 Å². The van der Waals surface area contributed by atoms with E-state index in [1.165, 1.54) is 0 Å². The number of hydrogen-bond acceptors (Lipinski definition) is 4. The van der Waals surface area contributed by atoms with Gasteiger partial charge in [0.05, 0.1) is 10.6 Å². The monoisotopic (exact) mass is 172 g/mol. The van der Waals surface area contributed by atoms with E-state index in [0.29, 0.717) is 13.0 Å². The summed E-state index contributed by atoms with van der Waals surface area (Å²) in [6.07, 6.45) is 1.20. The van der Waals surface area contributed by atoms with E-state index in [9.17, 15) is 14.9 Å². The third-order valence-corrected chi connectivity index (χ3v) is 1.61. The SMILES string of the molecule is O=C(O)C(=C1CCCN1)[N+](=O)[O-]. The molecule has 0 spiro atoms. The second kappa shape index (κ2) is 3.21. The Kier molecular flexibility index (Phi) is 2.27. The minimum absolute atomic E-state index is 0.229. The number of hydrogen-bond donors (Lipinski definition) is 2. The van der Waals surface area contributed by atoms with Gasteiger partial charge in [-0.1, -0.05) is 0 Å². The first kappa shape index (κ1) is 8.51. The van der Waals surface area contributed by atoms with Gasteiger partial charge in [-0.15, -0.1) is 0 Å². The average Bonchev–Trinajstić information content (AvgIpc) is 2.37. The lowest BCUT2D eigenvalue weighted by Crippen LogP contribution is -2.18. The van der Waals surface area contributed by atoms with Crippen LogP contribution in [0.1, 0.15) is 12.8 Å². The Hall–Kier alpha value is -1.59. The highest BCUT2D eigenvalue weighted by Crippen LogP contribution is 2.14. The van der Waals surface area contributed by atoms with E-state index in [2.05, 4.69) is 5.32 Å². The summed E-state index contributed by atoms with van der Waals surface area (Å²) < 4.78 is 0. The second-order valence-corrected chi connectivity index (χ2v) is 2.42. The van der Waals surface area contributed by atoms with Crippen LogP contribution < -0.4 is 5.32 Å². The quantitative estimate of drug-likeness (QED) is 0.346. The Balaban J connectivity index is 2.97. The molecule has 0 aromatic carbocycles. The van der Waals surface area contributed by atoms with Gasteiger partial charge in [-0.3, -0.25) is 10.1 Å². The highest BCUT2D eigenvalue weighted by Gasteiger charge is 2.28. The summed E-state index contributed by atoms with van der Waals surface area (Å²) in [6, 6.07) is 0. The number of nitrogens with zero attached hydrogens (tertiary/aromatic N) is 1. The molecular weight excluding hydrogens is 164 g/mol. The van der Waals surface area contributed by atoms with Crippen LogP contribution in [0.3, 0.4) is 0 Å². The van der Waals surface area contributed by atoms with Crippen LogP contribution >= 0.6 is 0 Å². The molecule has 0 bridgehead atoms. The Bertz CT molecular complexity index is 234. The molecule has 0 aromatic rings. The van der Waals surface area contributed by atoms with Gasteiger partial charge in [-0.2, -0.15) is 0 Å². The summed E-state index contributed by atoms with van der Waals surface area (Å²) in [5.74, 6) is -1.48. The van der Waals surface area contributed by atoms with Crippen molar-refractivity contribution >= 4 is 5.97 Å². The number of carbonyl (C=O) groups is 1. The smallest absolute Gasteiger partial charge is 0.409 e. The molecular formula is C6H8N2O4. The van der Waals surface area contributed by atoms with E-state index < -0.39 is 16.6 Å². The molecule has 0 radical (unpaired) electrons. The topological polar surface area (TPSA) is 92.5 Å². The molecule has 12 heavy (non-hydrogen) atoms. The first-order chi connectivity index (χ1) is 5.63. The highest BCUT2D eigenvalue weighted by molar-refractivity contribution is 5.84. The van der Waals surface area contributed by atoms with Gasteiger partial charge < -0.3 is 10.4 Å². The van der Waals surface area contributed by atoms with Crippen LogP contribution in [-0.2, 0) is 4.79 Å². The van der Waals surface area contributed by atoms with E-state index in [1.54, 1.807) is 0 Å². The van der Waals surface area contributed by atoms with Gasteiger partial charge >= 0.3 is 11.7 Å². The number of rotatable bonds is 2. The number of aliphatic carboxylic acids is 1. The number of nitro groups is 1. The molecule has 6 nitrogen and oxygen atoms in total. The minimum Gasteiger partial charge on any atom is -0.473 e. The van der Waals surface area contributed by atoms with E-state index in [0.717, 1.165) is 6.42 Å². The Morgan fingerprint density at radius 3 is 2.67 bits per heavy atom. The number of carboxylic acid groups (broad SMARTS) is 1. The molecule has 0 aliphatic carbocycles. The highest BCUT2D eigenvalue weighted by atomic mass is 16.6. The van der Waals surface area contributed by atoms with E-state index >= 15 is 0 Å². The van der Waals surface area contributed by atoms with Crippen LogP contribution in [0.25, 0.3) is 0 Å². The van der Waals surface area contributed by atoms with Crippen molar-refractivity contribution in [3.63, 3.8) is 0 Å². The van der Waals surface area contributed by atoms with Crippen LogP contribution in [-0.4, -0.2) is 22.5 Å². The lowest BCUT2D eigenvalue weighted by Gasteiger charge is -1.97. The molecule has 1 aliphatic heterocycles. The largest absolute Gasteiger partial charge is 0.473 e. The molecule has 6 heteroatoms. The summed E-state index contributed by atoms with van der Waals surface area (Å²) in [6.45, 7) is 0.611. The first-order valence-electron chi connectivity index (χ1n) is 3.47. The zero-order chi connectivity index (χ0) is 9.14. The average molecular weight is 172 g/mol. The maximum absolute atomic E-state index is 10.4. The Morgan fingerprint density at radius 1 is 1.67 bits per heavy atom. The molecule has 1 heterocycles. The van der Waals surface area contributed by atoms with Crippen molar-refractivity contribution < 1.29 is 14.8 Å². The third kappa shape index (κ3) is 1.52. The fourth-order valence-electron chi connectivity index (χ4n) is 1.11. The van der Waals surface area contributed by atoms with Crippen LogP contribution in [0.15, 0.2) is 11.4 Å². The van der Waals surface area contributed by atoms with E-state index in [4.69, 9.17) is 5.11 Å². The van der Waals surface area contributed by atoms with Gasteiger partial charge in [0.15, 0.2) is 0 Å². The fraction of sp³-hybridized carbons (Fsp3) is 0.500. The standard InChI is InChI=1S/C6H8N2O4/c9-6(10)5(8(11)12)4-2-1-3-7-4/h7H,1-3H2,(H,9,10). The van der Waals surface area contributed by atoms with Gasteiger partial charge in [-0.25, -0.2) is 4.79 Å². The van der Waals surface area contributed by atoms with E-state index in [1.807, 2.05) is 0 Å². The summed E-state index contributed by atoms with van der Waals surface area (Å²) >= 11 is 0. The van der Waals surface area contributed by atoms with Gasteiger partial charge in [0.1, 0.15) is 0 Å².